The summed E-state index contributed by atoms with van der Waals surface area (Å²) in [6.07, 6.45) is 2.59. The Hall–Kier alpha value is -0.650. The Morgan fingerprint density at radius 1 is 1.33 bits per heavy atom. The van der Waals surface area contributed by atoms with Gasteiger partial charge in [-0.05, 0) is 36.5 Å². The first-order valence-corrected chi connectivity index (χ1v) is 9.46. The molecule has 5 heteroatoms. The van der Waals surface area contributed by atoms with Gasteiger partial charge in [-0.2, -0.15) is 11.8 Å². The van der Waals surface area contributed by atoms with Crippen LogP contribution in [-0.4, -0.2) is 42.4 Å². The fourth-order valence-corrected chi connectivity index (χ4v) is 4.43. The van der Waals surface area contributed by atoms with Crippen molar-refractivity contribution < 1.29 is 9.53 Å². The zero-order chi connectivity index (χ0) is 15.0. The first kappa shape index (κ1) is 16.7. The van der Waals surface area contributed by atoms with E-state index in [1.807, 2.05) is 30.0 Å². The molecular weight excluding hydrogens is 302 g/mol. The highest BCUT2D eigenvalue weighted by molar-refractivity contribution is 7.99. The maximum Gasteiger partial charge on any atom is 0.220 e. The van der Waals surface area contributed by atoms with Crippen LogP contribution in [0.1, 0.15) is 19.3 Å². The highest BCUT2D eigenvalue weighted by atomic mass is 32.2. The molecule has 116 valence electrons. The Morgan fingerprint density at radius 2 is 2.05 bits per heavy atom. The van der Waals surface area contributed by atoms with E-state index in [1.54, 1.807) is 18.9 Å². The van der Waals surface area contributed by atoms with Gasteiger partial charge in [0.25, 0.3) is 0 Å². The van der Waals surface area contributed by atoms with Crippen molar-refractivity contribution in [2.45, 2.75) is 29.8 Å². The average Bonchev–Trinajstić information content (AvgIpc) is 2.55. The van der Waals surface area contributed by atoms with Crippen molar-refractivity contribution in [3.63, 3.8) is 0 Å². The van der Waals surface area contributed by atoms with Crippen LogP contribution in [0.4, 0.5) is 0 Å². The Kier molecular flexibility index (Phi) is 6.93. The van der Waals surface area contributed by atoms with E-state index in [-0.39, 0.29) is 11.5 Å². The fraction of sp³-hybridized carbons (Fsp3) is 0.562. The SMILES string of the molecule is COC1(CNC(=O)CCSc2ccccc2)CCSCC1. The van der Waals surface area contributed by atoms with E-state index in [4.69, 9.17) is 4.74 Å². The van der Waals surface area contributed by atoms with Gasteiger partial charge in [0.15, 0.2) is 0 Å². The minimum Gasteiger partial charge on any atom is -0.376 e. The quantitative estimate of drug-likeness (QED) is 0.781. The van der Waals surface area contributed by atoms with E-state index < -0.39 is 0 Å². The van der Waals surface area contributed by atoms with Crippen LogP contribution < -0.4 is 5.32 Å². The number of hydrogen-bond acceptors (Lipinski definition) is 4. The number of carbonyl (C=O) groups is 1. The number of rotatable bonds is 7. The predicted molar refractivity (Wildman–Crippen MR) is 91.1 cm³/mol. The molecule has 1 aliphatic rings. The molecule has 0 unspecified atom stereocenters. The molecule has 21 heavy (non-hydrogen) atoms. The van der Waals surface area contributed by atoms with Crippen LogP contribution in [0.15, 0.2) is 35.2 Å². The summed E-state index contributed by atoms with van der Waals surface area (Å²) in [4.78, 5) is 13.2. The molecule has 0 atom stereocenters. The van der Waals surface area contributed by atoms with Crippen molar-refractivity contribution in [2.24, 2.45) is 0 Å². The lowest BCUT2D eigenvalue weighted by atomic mass is 9.96. The number of benzene rings is 1. The third kappa shape index (κ3) is 5.57. The molecule has 1 N–H and O–H groups in total. The van der Waals surface area contributed by atoms with Gasteiger partial charge < -0.3 is 10.1 Å². The molecule has 3 nitrogen and oxygen atoms in total. The Morgan fingerprint density at radius 3 is 2.71 bits per heavy atom. The first-order valence-electron chi connectivity index (χ1n) is 7.32. The van der Waals surface area contributed by atoms with E-state index in [0.29, 0.717) is 13.0 Å². The number of hydrogen-bond donors (Lipinski definition) is 1. The van der Waals surface area contributed by atoms with Gasteiger partial charge in [-0.25, -0.2) is 0 Å². The topological polar surface area (TPSA) is 38.3 Å². The van der Waals surface area contributed by atoms with E-state index in [9.17, 15) is 4.79 Å². The highest BCUT2D eigenvalue weighted by Gasteiger charge is 2.32. The Labute approximate surface area is 135 Å². The number of methoxy groups -OCH3 is 1. The molecule has 1 aromatic carbocycles. The normalized spacial score (nSPS) is 17.4. The largest absolute Gasteiger partial charge is 0.376 e. The van der Waals surface area contributed by atoms with Crippen molar-refractivity contribution in [1.82, 2.24) is 5.32 Å². The molecule has 2 rings (SSSR count). The second-order valence-electron chi connectivity index (χ2n) is 5.19. The summed E-state index contributed by atoms with van der Waals surface area (Å²) in [6, 6.07) is 10.2. The lowest BCUT2D eigenvalue weighted by molar-refractivity contribution is -0.122. The fourth-order valence-electron chi connectivity index (χ4n) is 2.32. The van der Waals surface area contributed by atoms with E-state index >= 15 is 0 Å². The van der Waals surface area contributed by atoms with Crippen molar-refractivity contribution in [3.05, 3.63) is 30.3 Å². The molecule has 0 saturated carbocycles. The smallest absolute Gasteiger partial charge is 0.220 e. The lowest BCUT2D eigenvalue weighted by Crippen LogP contribution is -2.46. The van der Waals surface area contributed by atoms with Gasteiger partial charge in [0.2, 0.25) is 5.91 Å². The molecule has 0 spiro atoms. The van der Waals surface area contributed by atoms with Gasteiger partial charge in [0, 0.05) is 30.7 Å². The predicted octanol–water partition coefficient (Wildman–Crippen LogP) is 3.20. The summed E-state index contributed by atoms with van der Waals surface area (Å²) in [5.74, 6) is 3.17. The van der Waals surface area contributed by atoms with Crippen molar-refractivity contribution in [2.75, 3.05) is 30.9 Å². The van der Waals surface area contributed by atoms with Crippen LogP contribution in [0.5, 0.6) is 0 Å². The molecule has 1 fully saturated rings. The van der Waals surface area contributed by atoms with Crippen LogP contribution >= 0.6 is 23.5 Å². The molecule has 0 radical (unpaired) electrons. The molecule has 0 bridgehead atoms. The molecule has 0 aliphatic carbocycles. The third-order valence-corrected chi connectivity index (χ3v) is 5.79. The summed E-state index contributed by atoms with van der Waals surface area (Å²) in [5.41, 5.74) is -0.145. The van der Waals surface area contributed by atoms with Crippen LogP contribution in [0.3, 0.4) is 0 Å². The van der Waals surface area contributed by atoms with Gasteiger partial charge in [-0.1, -0.05) is 18.2 Å². The van der Waals surface area contributed by atoms with Gasteiger partial charge in [-0.3, -0.25) is 4.79 Å². The molecule has 1 aliphatic heterocycles. The minimum absolute atomic E-state index is 0.119. The minimum atomic E-state index is -0.145. The number of ether oxygens (including phenoxy) is 1. The number of nitrogens with one attached hydrogen (secondary N) is 1. The van der Waals surface area contributed by atoms with Crippen molar-refractivity contribution in [1.29, 1.82) is 0 Å². The average molecular weight is 325 g/mol. The maximum atomic E-state index is 11.9. The first-order chi connectivity index (χ1) is 10.2. The highest BCUT2D eigenvalue weighted by Crippen LogP contribution is 2.29. The number of thioether (sulfide) groups is 2. The lowest BCUT2D eigenvalue weighted by Gasteiger charge is -2.35. The number of carbonyl (C=O) groups excluding carboxylic acids is 1. The summed E-state index contributed by atoms with van der Waals surface area (Å²) >= 11 is 3.68. The standard InChI is InChI=1S/C16H23NO2S2/c1-19-16(8-11-20-12-9-16)13-17-15(18)7-10-21-14-5-3-2-4-6-14/h2-6H,7-13H2,1H3,(H,17,18). The van der Waals surface area contributed by atoms with Crippen LogP contribution in [0.2, 0.25) is 0 Å². The van der Waals surface area contributed by atoms with E-state index in [1.165, 1.54) is 4.90 Å². The molecule has 1 amide bonds. The van der Waals surface area contributed by atoms with E-state index in [2.05, 4.69) is 17.4 Å². The molecular formula is C16H23NO2S2. The summed E-state index contributed by atoms with van der Waals surface area (Å²) in [7, 11) is 1.76. The zero-order valence-corrected chi connectivity index (χ0v) is 14.1. The second kappa shape index (κ2) is 8.71. The van der Waals surface area contributed by atoms with Crippen LogP contribution in [0, 0.1) is 0 Å². The Bertz CT molecular complexity index is 433. The zero-order valence-electron chi connectivity index (χ0n) is 12.5. The van der Waals surface area contributed by atoms with Gasteiger partial charge in [-0.15, -0.1) is 11.8 Å². The molecule has 1 aromatic rings. The summed E-state index contributed by atoms with van der Waals surface area (Å²) in [5, 5.41) is 3.04. The Balaban J connectivity index is 1.67. The number of amides is 1. The molecule has 1 saturated heterocycles. The monoisotopic (exact) mass is 325 g/mol. The van der Waals surface area contributed by atoms with Crippen LogP contribution in [0.25, 0.3) is 0 Å². The van der Waals surface area contributed by atoms with Crippen molar-refractivity contribution >= 4 is 29.4 Å². The van der Waals surface area contributed by atoms with Crippen LogP contribution in [-0.2, 0) is 9.53 Å². The maximum absolute atomic E-state index is 11.9. The third-order valence-electron chi connectivity index (χ3n) is 3.79. The summed E-state index contributed by atoms with van der Waals surface area (Å²) in [6.45, 7) is 0.638. The molecule has 1 heterocycles. The van der Waals surface area contributed by atoms with Crippen molar-refractivity contribution in [3.8, 4) is 0 Å². The molecule has 0 aromatic heterocycles. The second-order valence-corrected chi connectivity index (χ2v) is 7.58. The van der Waals surface area contributed by atoms with Gasteiger partial charge in [0.1, 0.15) is 0 Å². The van der Waals surface area contributed by atoms with E-state index in [0.717, 1.165) is 30.1 Å². The summed E-state index contributed by atoms with van der Waals surface area (Å²) < 4.78 is 5.67. The van der Waals surface area contributed by atoms with Gasteiger partial charge >= 0.3 is 0 Å². The van der Waals surface area contributed by atoms with Gasteiger partial charge in [0.05, 0.1) is 5.60 Å².